The number of carbonyl (C=O) groups excluding carboxylic acids is 2. The highest BCUT2D eigenvalue weighted by molar-refractivity contribution is 5.79. The van der Waals surface area contributed by atoms with E-state index in [-0.39, 0.29) is 5.97 Å². The predicted molar refractivity (Wildman–Crippen MR) is 89.3 cm³/mol. The molecule has 1 atom stereocenters. The van der Waals surface area contributed by atoms with Crippen molar-refractivity contribution in [2.45, 2.75) is 45.3 Å². The summed E-state index contributed by atoms with van der Waals surface area (Å²) in [6.45, 7) is 5.86. The van der Waals surface area contributed by atoms with Crippen LogP contribution in [0.15, 0.2) is 30.3 Å². The van der Waals surface area contributed by atoms with Crippen molar-refractivity contribution in [3.05, 3.63) is 30.3 Å². The molecule has 0 fully saturated rings. The highest BCUT2D eigenvalue weighted by atomic mass is 16.6. The van der Waals surface area contributed by atoms with Gasteiger partial charge in [-0.1, -0.05) is 18.2 Å². The van der Waals surface area contributed by atoms with Gasteiger partial charge in [0.15, 0.2) is 0 Å². The van der Waals surface area contributed by atoms with Gasteiger partial charge in [0.05, 0.1) is 7.11 Å². The van der Waals surface area contributed by atoms with Crippen molar-refractivity contribution >= 4 is 17.7 Å². The molecule has 0 spiro atoms. The Morgan fingerprint density at radius 1 is 1.17 bits per heavy atom. The lowest BCUT2D eigenvalue weighted by atomic mass is 10.1. The van der Waals surface area contributed by atoms with Crippen LogP contribution in [0, 0.1) is 0 Å². The average molecular weight is 322 g/mol. The lowest BCUT2D eigenvalue weighted by molar-refractivity contribution is -0.141. The maximum atomic E-state index is 11.8. The molecule has 0 saturated carbocycles. The number of esters is 1. The van der Waals surface area contributed by atoms with E-state index < -0.39 is 17.7 Å². The normalized spacial score (nSPS) is 12.2. The van der Waals surface area contributed by atoms with Gasteiger partial charge in [-0.3, -0.25) is 0 Å². The van der Waals surface area contributed by atoms with Crippen molar-refractivity contribution in [3.8, 4) is 0 Å². The first-order chi connectivity index (χ1) is 10.8. The summed E-state index contributed by atoms with van der Waals surface area (Å²) in [5.41, 5.74) is 0.330. The Morgan fingerprint density at radius 3 is 2.39 bits per heavy atom. The van der Waals surface area contributed by atoms with Gasteiger partial charge in [-0.15, -0.1) is 0 Å². The number of para-hydroxylation sites is 1. The largest absolute Gasteiger partial charge is 0.467 e. The van der Waals surface area contributed by atoms with E-state index in [0.29, 0.717) is 19.4 Å². The number of rotatable bonds is 7. The lowest BCUT2D eigenvalue weighted by Gasteiger charge is -2.20. The summed E-state index contributed by atoms with van der Waals surface area (Å²) in [4.78, 5) is 23.4. The number of benzene rings is 1. The van der Waals surface area contributed by atoms with Gasteiger partial charge in [-0.05, 0) is 45.7 Å². The molecule has 0 aromatic heterocycles. The Labute approximate surface area is 137 Å². The molecule has 0 unspecified atom stereocenters. The number of methoxy groups -OCH3 is 1. The fourth-order valence-electron chi connectivity index (χ4n) is 1.94. The minimum atomic E-state index is -0.520. The first-order valence-electron chi connectivity index (χ1n) is 7.68. The number of alkyl carbamates (subject to hydrolysis) is 1. The van der Waals surface area contributed by atoms with Crippen LogP contribution >= 0.6 is 0 Å². The topological polar surface area (TPSA) is 76.7 Å². The van der Waals surface area contributed by atoms with Crippen LogP contribution in [-0.2, 0) is 14.3 Å². The van der Waals surface area contributed by atoms with Crippen LogP contribution in [0.2, 0.25) is 0 Å². The smallest absolute Gasteiger partial charge is 0.407 e. The number of hydrogen-bond donors (Lipinski definition) is 2. The molecule has 1 aromatic rings. The van der Waals surface area contributed by atoms with E-state index in [2.05, 4.69) is 10.6 Å². The average Bonchev–Trinajstić information content (AvgIpc) is 2.48. The first-order valence-corrected chi connectivity index (χ1v) is 7.68. The van der Waals surface area contributed by atoms with Gasteiger partial charge in [-0.25, -0.2) is 9.59 Å². The Balaban J connectivity index is 2.40. The van der Waals surface area contributed by atoms with E-state index in [4.69, 9.17) is 9.47 Å². The van der Waals surface area contributed by atoms with Gasteiger partial charge >= 0.3 is 12.1 Å². The van der Waals surface area contributed by atoms with E-state index in [1.807, 2.05) is 51.1 Å². The molecule has 6 nitrogen and oxygen atoms in total. The van der Waals surface area contributed by atoms with Gasteiger partial charge in [0.2, 0.25) is 0 Å². The minimum absolute atomic E-state index is 0.328. The van der Waals surface area contributed by atoms with Gasteiger partial charge in [-0.2, -0.15) is 0 Å². The molecule has 0 aliphatic rings. The third-order valence-electron chi connectivity index (χ3n) is 2.94. The zero-order valence-electron chi connectivity index (χ0n) is 14.2. The van der Waals surface area contributed by atoms with E-state index >= 15 is 0 Å². The van der Waals surface area contributed by atoms with Gasteiger partial charge in [0.1, 0.15) is 11.6 Å². The molecule has 0 bridgehead atoms. The van der Waals surface area contributed by atoms with E-state index in [1.54, 1.807) is 0 Å². The molecule has 2 N–H and O–H groups in total. The number of carbonyl (C=O) groups is 2. The summed E-state index contributed by atoms with van der Waals surface area (Å²) < 4.78 is 9.97. The molecule has 0 heterocycles. The zero-order chi connectivity index (χ0) is 17.3. The molecule has 1 rings (SSSR count). The fraction of sp³-hybridized carbons (Fsp3) is 0.529. The van der Waals surface area contributed by atoms with Crippen molar-refractivity contribution in [2.24, 2.45) is 0 Å². The molecular formula is C17H26N2O4. The molecule has 0 aliphatic carbocycles. The van der Waals surface area contributed by atoms with Crippen LogP contribution in [-0.4, -0.2) is 37.4 Å². The monoisotopic (exact) mass is 322 g/mol. The second-order valence-electron chi connectivity index (χ2n) is 6.16. The third-order valence-corrected chi connectivity index (χ3v) is 2.94. The molecule has 1 aromatic carbocycles. The minimum Gasteiger partial charge on any atom is -0.467 e. The zero-order valence-corrected chi connectivity index (χ0v) is 14.2. The SMILES string of the molecule is COC(=O)[C@H](CCCNC(=O)OC(C)(C)C)Nc1ccccc1. The highest BCUT2D eigenvalue weighted by Crippen LogP contribution is 2.11. The predicted octanol–water partition coefficient (Wildman–Crippen LogP) is 2.95. The molecule has 0 saturated heterocycles. The Hall–Kier alpha value is -2.24. The van der Waals surface area contributed by atoms with Crippen LogP contribution in [0.3, 0.4) is 0 Å². The molecule has 1 amide bonds. The highest BCUT2D eigenvalue weighted by Gasteiger charge is 2.19. The van der Waals surface area contributed by atoms with Crippen LogP contribution in [0.4, 0.5) is 10.5 Å². The number of amides is 1. The summed E-state index contributed by atoms with van der Waals surface area (Å²) in [6, 6.07) is 9.00. The second kappa shape index (κ2) is 9.02. The van der Waals surface area contributed by atoms with Crippen molar-refractivity contribution in [3.63, 3.8) is 0 Å². The Bertz CT molecular complexity index is 497. The Kier molecular flexibility index (Phi) is 7.38. The maximum Gasteiger partial charge on any atom is 0.407 e. The number of nitrogens with one attached hydrogen (secondary N) is 2. The van der Waals surface area contributed by atoms with Gasteiger partial charge in [0.25, 0.3) is 0 Å². The maximum absolute atomic E-state index is 11.8. The summed E-state index contributed by atoms with van der Waals surface area (Å²) in [5, 5.41) is 5.81. The van der Waals surface area contributed by atoms with Gasteiger partial charge < -0.3 is 20.1 Å². The van der Waals surface area contributed by atoms with Crippen LogP contribution in [0.25, 0.3) is 0 Å². The molecule has 23 heavy (non-hydrogen) atoms. The summed E-state index contributed by atoms with van der Waals surface area (Å²) in [6.07, 6.45) is 0.707. The third kappa shape index (κ3) is 8.09. The number of anilines is 1. The van der Waals surface area contributed by atoms with E-state index in [1.165, 1.54) is 7.11 Å². The summed E-state index contributed by atoms with van der Waals surface area (Å²) in [5.74, 6) is -0.328. The van der Waals surface area contributed by atoms with Crippen LogP contribution < -0.4 is 10.6 Å². The number of hydrogen-bond acceptors (Lipinski definition) is 5. The standard InChI is InChI=1S/C17H26N2O4/c1-17(2,3)23-16(21)18-12-8-11-14(15(20)22-4)19-13-9-6-5-7-10-13/h5-7,9-10,14,19H,8,11-12H2,1-4H3,(H,18,21)/t14-/m0/s1. The Morgan fingerprint density at radius 2 is 1.83 bits per heavy atom. The van der Waals surface area contributed by atoms with Crippen molar-refractivity contribution in [1.29, 1.82) is 0 Å². The first kappa shape index (κ1) is 18.8. The lowest BCUT2D eigenvalue weighted by Crippen LogP contribution is -2.35. The van der Waals surface area contributed by atoms with Crippen LogP contribution in [0.1, 0.15) is 33.6 Å². The van der Waals surface area contributed by atoms with E-state index in [0.717, 1.165) is 5.69 Å². The summed E-state index contributed by atoms with van der Waals surface area (Å²) >= 11 is 0. The summed E-state index contributed by atoms with van der Waals surface area (Å²) in [7, 11) is 1.36. The molecule has 6 heteroatoms. The van der Waals surface area contributed by atoms with Crippen molar-refractivity contribution in [1.82, 2.24) is 5.32 Å². The van der Waals surface area contributed by atoms with Crippen LogP contribution in [0.5, 0.6) is 0 Å². The van der Waals surface area contributed by atoms with Crippen molar-refractivity contribution < 1.29 is 19.1 Å². The number of ether oxygens (including phenoxy) is 2. The fourth-order valence-corrected chi connectivity index (χ4v) is 1.94. The van der Waals surface area contributed by atoms with Gasteiger partial charge in [0, 0.05) is 12.2 Å². The molecule has 0 radical (unpaired) electrons. The van der Waals surface area contributed by atoms with E-state index in [9.17, 15) is 9.59 Å². The second-order valence-corrected chi connectivity index (χ2v) is 6.16. The molecule has 0 aliphatic heterocycles. The quantitative estimate of drug-likeness (QED) is 0.596. The van der Waals surface area contributed by atoms with Crippen molar-refractivity contribution in [2.75, 3.05) is 19.0 Å². The molecular weight excluding hydrogens is 296 g/mol. The molecule has 128 valence electrons.